The molecule has 0 radical (unpaired) electrons. The minimum absolute atomic E-state index is 0. The van der Waals surface area contributed by atoms with E-state index in [-0.39, 0.29) is 51.7 Å². The second-order valence-electron chi connectivity index (χ2n) is 1.67. The van der Waals surface area contributed by atoms with Crippen molar-refractivity contribution in [3.8, 4) is 0 Å². The summed E-state index contributed by atoms with van der Waals surface area (Å²) in [7, 11) is -20.2. The summed E-state index contributed by atoms with van der Waals surface area (Å²) in [4.78, 5) is 0. The average Bonchev–Trinajstić information content (AvgIpc) is 1.62. The van der Waals surface area contributed by atoms with Gasteiger partial charge in [-0.05, 0) is 0 Å². The first kappa shape index (κ1) is 38.7. The van der Waals surface area contributed by atoms with Crippen LogP contribution in [0, 0.1) is 0 Å². The van der Waals surface area contributed by atoms with E-state index in [0.29, 0.717) is 0 Å². The summed E-state index contributed by atoms with van der Waals surface area (Å²) < 4.78 is 134. The summed E-state index contributed by atoms with van der Waals surface area (Å²) in [6, 6.07) is 0. The molecule has 0 aliphatic heterocycles. The number of rotatable bonds is 0. The van der Waals surface area contributed by atoms with Gasteiger partial charge in [0.2, 0.25) is 0 Å². The molecule has 0 saturated heterocycles. The van der Waals surface area contributed by atoms with Crippen LogP contribution in [-0.2, 0) is 41.6 Å². The van der Waals surface area contributed by atoms with Crippen molar-refractivity contribution in [2.24, 2.45) is 0 Å². The fraction of sp³-hybridized carbons (Fsp3) is 0. The van der Waals surface area contributed by atoms with E-state index >= 15 is 0 Å². The average molecular weight is 616 g/mol. The molecular weight excluding hydrogens is 614 g/mol. The molecule has 0 atom stereocenters. The van der Waals surface area contributed by atoms with Crippen LogP contribution in [0.2, 0.25) is 0 Å². The molecule has 22 heteroatoms. The van der Waals surface area contributed by atoms with Gasteiger partial charge in [-0.1, -0.05) is 0 Å². The van der Waals surface area contributed by atoms with E-state index in [1.165, 1.54) is 0 Å². The maximum Gasteiger partial charge on any atom is 3.00 e. The van der Waals surface area contributed by atoms with E-state index in [4.69, 9.17) is 70.1 Å². The van der Waals surface area contributed by atoms with Gasteiger partial charge in [0, 0.05) is 31.2 Å². The van der Waals surface area contributed by atoms with Gasteiger partial charge in [0.25, 0.3) is 0 Å². The number of hydrogen-bond donors (Lipinski definition) is 2. The summed E-state index contributed by atoms with van der Waals surface area (Å²) >= 11 is 0. The molecule has 0 heterocycles. The Kier molecular flexibility index (Phi) is 27.6. The second-order valence-corrected chi connectivity index (χ2v) is 5.02. The molecule has 0 bridgehead atoms. The molecule has 0 saturated carbocycles. The zero-order valence-corrected chi connectivity index (χ0v) is 19.3. The third kappa shape index (κ3) is 5830. The minimum atomic E-state index is -5.17. The normalized spacial score (nSPS) is 10.5. The van der Waals surface area contributed by atoms with E-state index in [2.05, 4.69) is 0 Å². The molecule has 0 aromatic heterocycles. The minimum Gasteiger partial charge on any atom is -0.759 e. The van der Waals surface area contributed by atoms with Gasteiger partial charge in [-0.15, -0.1) is 0 Å². The first-order chi connectivity index (χ1) is 8.00. The van der Waals surface area contributed by atoms with Crippen molar-refractivity contribution in [3.63, 3.8) is 0 Å². The zero-order valence-electron chi connectivity index (χ0n) is 9.40. The Morgan fingerprint density at radius 2 is 0.455 bits per heavy atom. The zero-order chi connectivity index (χ0) is 18.0. The van der Waals surface area contributed by atoms with E-state index in [1.807, 2.05) is 0 Å². The second kappa shape index (κ2) is 15.7. The molecular formula is H2In2O16S4. The molecule has 16 nitrogen and oxygen atoms in total. The predicted molar refractivity (Wildman–Crippen MR) is 57.1 cm³/mol. The van der Waals surface area contributed by atoms with Gasteiger partial charge in [0.15, 0.2) is 0 Å². The van der Waals surface area contributed by atoms with Crippen molar-refractivity contribution in [2.45, 2.75) is 0 Å². The van der Waals surface area contributed by atoms with Crippen LogP contribution >= 0.6 is 0 Å². The van der Waals surface area contributed by atoms with E-state index in [0.717, 1.165) is 0 Å². The Bertz CT molecular complexity index is 477. The van der Waals surface area contributed by atoms with Crippen molar-refractivity contribution in [2.75, 3.05) is 0 Å². The molecule has 22 heavy (non-hydrogen) atoms. The molecule has 0 aliphatic carbocycles. The van der Waals surface area contributed by atoms with Gasteiger partial charge >= 0.3 is 62.1 Å². The fourth-order valence-electron chi connectivity index (χ4n) is 0. The van der Waals surface area contributed by atoms with Crippen LogP contribution in [0.15, 0.2) is 0 Å². The van der Waals surface area contributed by atoms with Crippen molar-refractivity contribution >= 4 is 93.3 Å². The molecule has 0 unspecified atom stereocenters. The molecule has 0 amide bonds. The largest absolute Gasteiger partial charge is 3.00 e. The third-order valence-corrected chi connectivity index (χ3v) is 0. The molecule has 128 valence electrons. The summed E-state index contributed by atoms with van der Waals surface area (Å²) in [5.74, 6) is 0. The Balaban J connectivity index is -0.0000000376. The maximum atomic E-state index is 8.74. The van der Waals surface area contributed by atoms with Gasteiger partial charge in [-0.3, -0.25) is 34.4 Å². The van der Waals surface area contributed by atoms with E-state index in [9.17, 15) is 0 Å². The smallest absolute Gasteiger partial charge is 0.759 e. The van der Waals surface area contributed by atoms with Crippen LogP contribution in [0.4, 0.5) is 0 Å². The Hall–Kier alpha value is 1.22. The monoisotopic (exact) mass is 616 g/mol. The van der Waals surface area contributed by atoms with Crippen LogP contribution in [0.3, 0.4) is 0 Å². The summed E-state index contributed by atoms with van der Waals surface area (Å²) in [6.45, 7) is 0. The topological polar surface area (TPSA) is 315 Å². The molecule has 0 aromatic rings. The molecule has 0 aliphatic rings. The van der Waals surface area contributed by atoms with Gasteiger partial charge in [-0.2, -0.15) is 8.42 Å². The van der Waals surface area contributed by atoms with Crippen LogP contribution in [-0.4, -0.2) is 122 Å². The Morgan fingerprint density at radius 1 is 0.455 bits per heavy atom. The van der Waals surface area contributed by atoms with Crippen LogP contribution in [0.1, 0.15) is 0 Å². The molecule has 0 rings (SSSR count). The number of hydrogen-bond acceptors (Lipinski definition) is 14. The van der Waals surface area contributed by atoms with E-state index in [1.54, 1.807) is 0 Å². The maximum absolute atomic E-state index is 8.74. The summed E-state index contributed by atoms with van der Waals surface area (Å²) in [6.07, 6.45) is 0. The molecule has 2 N–H and O–H groups in total. The fourth-order valence-corrected chi connectivity index (χ4v) is 0. The quantitative estimate of drug-likeness (QED) is 0.189. The standard InChI is InChI=1S/2In.4H2O4S/c;;4*1-5(2,3)4/h;;4*(H2,1,2,3,4)/q2*+3;;;;/p-6. The van der Waals surface area contributed by atoms with Crippen molar-refractivity contribution in [1.29, 1.82) is 0 Å². The SMILES string of the molecule is O=S(=O)(O)O.O=S(=O)([O-])[O-].O=S(=O)([O-])[O-].O=S(=O)([O-])[O-].[In+3].[In+3]. The predicted octanol–water partition coefficient (Wildman–Crippen LogP) is -5.43. The van der Waals surface area contributed by atoms with Crippen LogP contribution in [0.5, 0.6) is 0 Å². The summed E-state index contributed by atoms with van der Waals surface area (Å²) in [5, 5.41) is 0. The van der Waals surface area contributed by atoms with Gasteiger partial charge in [-0.25, -0.2) is 0 Å². The summed E-state index contributed by atoms with van der Waals surface area (Å²) in [5.41, 5.74) is 0. The van der Waals surface area contributed by atoms with Crippen molar-refractivity contribution in [1.82, 2.24) is 0 Å². The van der Waals surface area contributed by atoms with Gasteiger partial charge in [0.05, 0.1) is 0 Å². The van der Waals surface area contributed by atoms with Crippen molar-refractivity contribution in [3.05, 3.63) is 0 Å². The first-order valence-electron chi connectivity index (χ1n) is 2.70. The van der Waals surface area contributed by atoms with Crippen LogP contribution in [0.25, 0.3) is 0 Å². The van der Waals surface area contributed by atoms with Gasteiger partial charge in [0.1, 0.15) is 0 Å². The molecule has 0 spiro atoms. The third-order valence-electron chi connectivity index (χ3n) is 0. The molecule has 0 aromatic carbocycles. The Morgan fingerprint density at radius 3 is 0.455 bits per heavy atom. The van der Waals surface area contributed by atoms with Crippen LogP contribution < -0.4 is 0 Å². The van der Waals surface area contributed by atoms with Crippen molar-refractivity contribution < 1.29 is 70.1 Å². The van der Waals surface area contributed by atoms with Gasteiger partial charge < -0.3 is 27.3 Å². The molecule has 0 fully saturated rings. The van der Waals surface area contributed by atoms with E-state index < -0.39 is 41.6 Å². The first-order valence-corrected chi connectivity index (χ1v) is 8.10. The Labute approximate surface area is 162 Å².